The van der Waals surface area contributed by atoms with Crippen LogP contribution in [0.1, 0.15) is 31.1 Å². The van der Waals surface area contributed by atoms with Crippen LogP contribution >= 0.6 is 0 Å². The zero-order valence-corrected chi connectivity index (χ0v) is 8.07. The third kappa shape index (κ3) is 1.91. The Kier molecular flexibility index (Phi) is 2.76. The molecule has 72 valence electrons. The van der Waals surface area contributed by atoms with E-state index in [1.165, 1.54) is 6.26 Å². The highest BCUT2D eigenvalue weighted by Crippen LogP contribution is 2.27. The highest BCUT2D eigenvalue weighted by atomic mass is 16.4. The summed E-state index contributed by atoms with van der Waals surface area (Å²) in [4.78, 5) is 10.9. The molecular weight excluding hydrogens is 168 g/mol. The Morgan fingerprint density at radius 2 is 2.15 bits per heavy atom. The van der Waals surface area contributed by atoms with Crippen LogP contribution in [-0.4, -0.2) is 11.1 Å². The summed E-state index contributed by atoms with van der Waals surface area (Å²) in [6, 6.07) is 1.73. The zero-order chi connectivity index (χ0) is 10.0. The zero-order valence-electron chi connectivity index (χ0n) is 8.07. The fourth-order valence-corrected chi connectivity index (χ4v) is 1.49. The quantitative estimate of drug-likeness (QED) is 0.780. The first-order chi connectivity index (χ1) is 6.04. The van der Waals surface area contributed by atoms with Gasteiger partial charge in [0.2, 0.25) is 0 Å². The van der Waals surface area contributed by atoms with Crippen molar-refractivity contribution >= 4 is 5.97 Å². The van der Waals surface area contributed by atoms with E-state index in [1.54, 1.807) is 13.0 Å². The first-order valence-electron chi connectivity index (χ1n) is 4.30. The molecule has 0 amide bonds. The molecule has 1 atom stereocenters. The Bertz CT molecular complexity index is 299. The van der Waals surface area contributed by atoms with E-state index in [4.69, 9.17) is 9.52 Å². The van der Waals surface area contributed by atoms with E-state index >= 15 is 0 Å². The van der Waals surface area contributed by atoms with E-state index in [2.05, 4.69) is 0 Å². The number of aliphatic carboxylic acids is 1. The van der Waals surface area contributed by atoms with Gasteiger partial charge in [-0.05, 0) is 18.9 Å². The normalized spacial score (nSPS) is 13.2. The molecule has 1 rings (SSSR count). The molecular formula is C10H14O3. The van der Waals surface area contributed by atoms with Gasteiger partial charge in [0.05, 0.1) is 12.2 Å². The SMILES string of the molecule is Cc1occc1C(C(=O)O)C(C)C. The van der Waals surface area contributed by atoms with Gasteiger partial charge in [-0.1, -0.05) is 13.8 Å². The van der Waals surface area contributed by atoms with Crippen molar-refractivity contribution in [1.29, 1.82) is 0 Å². The lowest BCUT2D eigenvalue weighted by Gasteiger charge is -2.14. The Morgan fingerprint density at radius 1 is 1.54 bits per heavy atom. The molecule has 0 aliphatic rings. The number of furan rings is 1. The summed E-state index contributed by atoms with van der Waals surface area (Å²) in [5.74, 6) is -0.479. The summed E-state index contributed by atoms with van der Waals surface area (Å²) in [6.07, 6.45) is 1.53. The van der Waals surface area contributed by atoms with E-state index in [1.807, 2.05) is 13.8 Å². The molecule has 1 N–H and O–H groups in total. The topological polar surface area (TPSA) is 50.4 Å². The van der Waals surface area contributed by atoms with Gasteiger partial charge in [0.15, 0.2) is 0 Å². The number of carbonyl (C=O) groups is 1. The van der Waals surface area contributed by atoms with Crippen molar-refractivity contribution in [1.82, 2.24) is 0 Å². The molecule has 0 spiro atoms. The molecule has 13 heavy (non-hydrogen) atoms. The van der Waals surface area contributed by atoms with Crippen molar-refractivity contribution in [2.75, 3.05) is 0 Å². The van der Waals surface area contributed by atoms with Crippen molar-refractivity contribution in [2.24, 2.45) is 5.92 Å². The van der Waals surface area contributed by atoms with Crippen molar-refractivity contribution in [3.05, 3.63) is 23.7 Å². The fraction of sp³-hybridized carbons (Fsp3) is 0.500. The van der Waals surface area contributed by atoms with E-state index in [-0.39, 0.29) is 5.92 Å². The highest BCUT2D eigenvalue weighted by Gasteiger charge is 2.26. The summed E-state index contributed by atoms with van der Waals surface area (Å²) >= 11 is 0. The summed E-state index contributed by atoms with van der Waals surface area (Å²) in [7, 11) is 0. The third-order valence-corrected chi connectivity index (χ3v) is 2.17. The second-order valence-electron chi connectivity index (χ2n) is 3.49. The van der Waals surface area contributed by atoms with Crippen LogP contribution in [0.5, 0.6) is 0 Å². The molecule has 1 heterocycles. The smallest absolute Gasteiger partial charge is 0.311 e. The van der Waals surface area contributed by atoms with Crippen LogP contribution in [0.15, 0.2) is 16.7 Å². The predicted molar refractivity (Wildman–Crippen MR) is 48.7 cm³/mol. The molecule has 3 heteroatoms. The highest BCUT2D eigenvalue weighted by molar-refractivity contribution is 5.76. The van der Waals surface area contributed by atoms with Crippen LogP contribution in [0.4, 0.5) is 0 Å². The first-order valence-corrected chi connectivity index (χ1v) is 4.30. The lowest BCUT2D eigenvalue weighted by atomic mass is 9.89. The summed E-state index contributed by atoms with van der Waals surface area (Å²) in [5.41, 5.74) is 0.780. The van der Waals surface area contributed by atoms with Crippen LogP contribution in [0.25, 0.3) is 0 Å². The molecule has 0 fully saturated rings. The lowest BCUT2D eigenvalue weighted by Crippen LogP contribution is -2.17. The molecule has 1 aromatic heterocycles. The van der Waals surface area contributed by atoms with Gasteiger partial charge in [-0.25, -0.2) is 0 Å². The number of carboxylic acids is 1. The van der Waals surface area contributed by atoms with E-state index in [9.17, 15) is 4.79 Å². The third-order valence-electron chi connectivity index (χ3n) is 2.17. The molecule has 0 saturated heterocycles. The monoisotopic (exact) mass is 182 g/mol. The molecule has 3 nitrogen and oxygen atoms in total. The Hall–Kier alpha value is -1.25. The number of hydrogen-bond donors (Lipinski definition) is 1. The largest absolute Gasteiger partial charge is 0.481 e. The Morgan fingerprint density at radius 3 is 2.46 bits per heavy atom. The summed E-state index contributed by atoms with van der Waals surface area (Å²) in [5, 5.41) is 9.00. The Labute approximate surface area is 77.4 Å². The number of aryl methyl sites for hydroxylation is 1. The first kappa shape index (κ1) is 9.84. The van der Waals surface area contributed by atoms with Crippen molar-refractivity contribution < 1.29 is 14.3 Å². The minimum absolute atomic E-state index is 0.0776. The van der Waals surface area contributed by atoms with Gasteiger partial charge in [-0.2, -0.15) is 0 Å². The number of carboxylic acid groups (broad SMARTS) is 1. The van der Waals surface area contributed by atoms with Crippen molar-refractivity contribution in [3.8, 4) is 0 Å². The lowest BCUT2D eigenvalue weighted by molar-refractivity contribution is -0.139. The van der Waals surface area contributed by atoms with Crippen molar-refractivity contribution in [3.63, 3.8) is 0 Å². The maximum atomic E-state index is 10.9. The molecule has 0 aliphatic carbocycles. The number of rotatable bonds is 3. The van der Waals surface area contributed by atoms with Crippen LogP contribution in [-0.2, 0) is 4.79 Å². The average molecular weight is 182 g/mol. The van der Waals surface area contributed by atoms with E-state index < -0.39 is 11.9 Å². The van der Waals surface area contributed by atoms with E-state index in [0.717, 1.165) is 5.56 Å². The average Bonchev–Trinajstić information content (AvgIpc) is 2.35. The summed E-state index contributed by atoms with van der Waals surface area (Å²) < 4.78 is 5.08. The standard InChI is InChI=1S/C10H14O3/c1-6(2)9(10(11)12)8-4-5-13-7(8)3/h4-6,9H,1-3H3,(H,11,12). The molecule has 0 bridgehead atoms. The van der Waals surface area contributed by atoms with Gasteiger partial charge < -0.3 is 9.52 Å². The van der Waals surface area contributed by atoms with Gasteiger partial charge in [0, 0.05) is 5.56 Å². The molecule has 1 aromatic rings. The molecule has 1 unspecified atom stereocenters. The molecule has 0 radical (unpaired) electrons. The fourth-order valence-electron chi connectivity index (χ4n) is 1.49. The van der Waals surface area contributed by atoms with Gasteiger partial charge in [-0.3, -0.25) is 4.79 Å². The van der Waals surface area contributed by atoms with Gasteiger partial charge in [0.25, 0.3) is 0 Å². The maximum absolute atomic E-state index is 10.9. The van der Waals surface area contributed by atoms with Crippen LogP contribution < -0.4 is 0 Å². The minimum Gasteiger partial charge on any atom is -0.481 e. The molecule has 0 aromatic carbocycles. The van der Waals surface area contributed by atoms with Crippen LogP contribution in [0, 0.1) is 12.8 Å². The predicted octanol–water partition coefficient (Wildman–Crippen LogP) is 2.41. The van der Waals surface area contributed by atoms with Gasteiger partial charge >= 0.3 is 5.97 Å². The van der Waals surface area contributed by atoms with Crippen molar-refractivity contribution in [2.45, 2.75) is 26.7 Å². The maximum Gasteiger partial charge on any atom is 0.311 e. The number of hydrogen-bond acceptors (Lipinski definition) is 2. The minimum atomic E-state index is -0.792. The van der Waals surface area contributed by atoms with Gasteiger partial charge in [0.1, 0.15) is 5.76 Å². The summed E-state index contributed by atoms with van der Waals surface area (Å²) in [6.45, 7) is 5.57. The Balaban J connectivity index is 3.02. The second-order valence-corrected chi connectivity index (χ2v) is 3.49. The second kappa shape index (κ2) is 3.64. The molecule has 0 aliphatic heterocycles. The van der Waals surface area contributed by atoms with Crippen LogP contribution in [0.2, 0.25) is 0 Å². The van der Waals surface area contributed by atoms with Crippen LogP contribution in [0.3, 0.4) is 0 Å². The molecule has 0 saturated carbocycles. The van der Waals surface area contributed by atoms with E-state index in [0.29, 0.717) is 5.76 Å². The van der Waals surface area contributed by atoms with Gasteiger partial charge in [-0.15, -0.1) is 0 Å².